The van der Waals surface area contributed by atoms with E-state index in [2.05, 4.69) is 19.2 Å². The number of hydrogen-bond donors (Lipinski definition) is 2. The second-order valence-corrected chi connectivity index (χ2v) is 6.38. The van der Waals surface area contributed by atoms with Crippen LogP contribution in [-0.2, 0) is 11.2 Å². The predicted molar refractivity (Wildman–Crippen MR) is 84.6 cm³/mol. The fraction of sp³-hybridized carbons (Fsp3) is 0.529. The summed E-state index contributed by atoms with van der Waals surface area (Å²) in [4.78, 5) is 25.5. The van der Waals surface area contributed by atoms with E-state index in [1.807, 2.05) is 30.3 Å². The van der Waals surface area contributed by atoms with Gasteiger partial charge in [0.25, 0.3) is 0 Å². The van der Waals surface area contributed by atoms with Crippen LogP contribution in [-0.4, -0.2) is 41.1 Å². The fourth-order valence-corrected chi connectivity index (χ4v) is 3.12. The highest BCUT2D eigenvalue weighted by atomic mass is 16.4. The summed E-state index contributed by atoms with van der Waals surface area (Å²) in [7, 11) is 0. The number of carboxylic acids is 1. The Balaban J connectivity index is 1.98. The first-order valence-corrected chi connectivity index (χ1v) is 7.78. The van der Waals surface area contributed by atoms with Crippen molar-refractivity contribution in [2.45, 2.75) is 32.7 Å². The highest BCUT2D eigenvalue weighted by Gasteiger charge is 2.28. The van der Waals surface area contributed by atoms with Crippen molar-refractivity contribution in [1.29, 1.82) is 0 Å². The van der Waals surface area contributed by atoms with Crippen LogP contribution in [0.2, 0.25) is 0 Å². The van der Waals surface area contributed by atoms with E-state index >= 15 is 0 Å². The van der Waals surface area contributed by atoms with Gasteiger partial charge in [-0.05, 0) is 23.8 Å². The molecule has 3 atom stereocenters. The molecular formula is C17H24N2O3. The zero-order valence-corrected chi connectivity index (χ0v) is 13.2. The Morgan fingerprint density at radius 2 is 1.82 bits per heavy atom. The number of carboxylic acid groups (broad SMARTS) is 1. The van der Waals surface area contributed by atoms with Crippen LogP contribution in [0, 0.1) is 11.8 Å². The summed E-state index contributed by atoms with van der Waals surface area (Å²) >= 11 is 0. The monoisotopic (exact) mass is 304 g/mol. The molecule has 0 saturated carbocycles. The van der Waals surface area contributed by atoms with Gasteiger partial charge in [-0.15, -0.1) is 0 Å². The second-order valence-electron chi connectivity index (χ2n) is 6.38. The molecule has 1 aromatic carbocycles. The van der Waals surface area contributed by atoms with Crippen LogP contribution >= 0.6 is 0 Å². The molecule has 2 unspecified atom stereocenters. The van der Waals surface area contributed by atoms with Crippen molar-refractivity contribution in [2.75, 3.05) is 13.1 Å². The number of hydrogen-bond acceptors (Lipinski definition) is 2. The number of amides is 2. The zero-order chi connectivity index (χ0) is 16.1. The Hall–Kier alpha value is -2.04. The molecule has 0 radical (unpaired) electrons. The number of piperidine rings is 1. The number of carbonyl (C=O) groups excluding carboxylic acids is 1. The summed E-state index contributed by atoms with van der Waals surface area (Å²) in [6.45, 7) is 5.62. The highest BCUT2D eigenvalue weighted by Crippen LogP contribution is 2.21. The third-order valence-corrected chi connectivity index (χ3v) is 4.03. The van der Waals surface area contributed by atoms with Gasteiger partial charge >= 0.3 is 12.0 Å². The summed E-state index contributed by atoms with van der Waals surface area (Å²) in [6.07, 6.45) is 1.40. The van der Waals surface area contributed by atoms with Crippen LogP contribution in [0.4, 0.5) is 4.79 Å². The summed E-state index contributed by atoms with van der Waals surface area (Å²) in [5.74, 6) is -0.103. The Labute approximate surface area is 131 Å². The fourth-order valence-electron chi connectivity index (χ4n) is 3.12. The quantitative estimate of drug-likeness (QED) is 0.897. The van der Waals surface area contributed by atoms with E-state index in [4.69, 9.17) is 0 Å². The van der Waals surface area contributed by atoms with Crippen molar-refractivity contribution < 1.29 is 14.7 Å². The molecule has 1 aromatic rings. The standard InChI is InChI=1S/C17H24N2O3/c1-12-8-13(2)11-19(10-12)17(22)18-15(16(20)21)9-14-6-4-3-5-7-14/h3-7,12-13,15H,8-11H2,1-2H3,(H,18,22)(H,20,21)/t12?,13?,15-/m0/s1. The molecule has 5 heteroatoms. The molecule has 1 heterocycles. The number of benzene rings is 1. The third-order valence-electron chi connectivity index (χ3n) is 4.03. The van der Waals surface area contributed by atoms with Gasteiger partial charge in [-0.2, -0.15) is 0 Å². The molecule has 1 aliphatic heterocycles. The van der Waals surface area contributed by atoms with E-state index < -0.39 is 12.0 Å². The first-order valence-electron chi connectivity index (χ1n) is 7.78. The number of rotatable bonds is 4. The van der Waals surface area contributed by atoms with Gasteiger partial charge in [-0.25, -0.2) is 9.59 Å². The van der Waals surface area contributed by atoms with Crippen molar-refractivity contribution in [3.63, 3.8) is 0 Å². The van der Waals surface area contributed by atoms with E-state index in [-0.39, 0.29) is 6.03 Å². The van der Waals surface area contributed by atoms with Crippen LogP contribution < -0.4 is 5.32 Å². The molecule has 1 saturated heterocycles. The maximum atomic E-state index is 12.3. The summed E-state index contributed by atoms with van der Waals surface area (Å²) < 4.78 is 0. The minimum absolute atomic E-state index is 0.276. The van der Waals surface area contributed by atoms with Crippen LogP contribution in [0.5, 0.6) is 0 Å². The maximum Gasteiger partial charge on any atom is 0.326 e. The summed E-state index contributed by atoms with van der Waals surface area (Å²) in [6, 6.07) is 8.17. The molecule has 1 fully saturated rings. The molecule has 1 aliphatic rings. The Kier molecular flexibility index (Phi) is 5.41. The van der Waals surface area contributed by atoms with Gasteiger partial charge in [0, 0.05) is 19.5 Å². The first-order chi connectivity index (χ1) is 10.5. The zero-order valence-electron chi connectivity index (χ0n) is 13.2. The molecule has 0 aliphatic carbocycles. The van der Waals surface area contributed by atoms with Crippen molar-refractivity contribution in [2.24, 2.45) is 11.8 Å². The molecule has 2 amide bonds. The number of likely N-dealkylation sites (tertiary alicyclic amines) is 1. The van der Waals surface area contributed by atoms with Crippen LogP contribution in [0.1, 0.15) is 25.8 Å². The molecule has 2 rings (SSSR count). The minimum atomic E-state index is -1.00. The summed E-state index contributed by atoms with van der Waals surface area (Å²) in [5.41, 5.74) is 0.899. The predicted octanol–water partition coefficient (Wildman–Crippen LogP) is 2.37. The molecular weight excluding hydrogens is 280 g/mol. The van der Waals surface area contributed by atoms with E-state index in [9.17, 15) is 14.7 Å². The largest absolute Gasteiger partial charge is 0.480 e. The molecule has 2 N–H and O–H groups in total. The van der Waals surface area contributed by atoms with E-state index in [0.717, 1.165) is 12.0 Å². The molecule has 5 nitrogen and oxygen atoms in total. The lowest BCUT2D eigenvalue weighted by atomic mass is 9.92. The average molecular weight is 304 g/mol. The lowest BCUT2D eigenvalue weighted by Crippen LogP contribution is -2.52. The van der Waals surface area contributed by atoms with Gasteiger partial charge in [0.15, 0.2) is 0 Å². The number of aliphatic carboxylic acids is 1. The average Bonchev–Trinajstić information content (AvgIpc) is 2.46. The molecule has 22 heavy (non-hydrogen) atoms. The van der Waals surface area contributed by atoms with Gasteiger partial charge < -0.3 is 15.3 Å². The number of urea groups is 1. The van der Waals surface area contributed by atoms with Crippen LogP contribution in [0.3, 0.4) is 0 Å². The normalized spacial score (nSPS) is 22.9. The number of carbonyl (C=O) groups is 2. The topological polar surface area (TPSA) is 69.6 Å². The molecule has 0 aromatic heterocycles. The highest BCUT2D eigenvalue weighted by molar-refractivity contribution is 5.82. The van der Waals surface area contributed by atoms with Crippen LogP contribution in [0.25, 0.3) is 0 Å². The smallest absolute Gasteiger partial charge is 0.326 e. The minimum Gasteiger partial charge on any atom is -0.480 e. The second kappa shape index (κ2) is 7.29. The SMILES string of the molecule is CC1CC(C)CN(C(=O)N[C@@H](Cc2ccccc2)C(=O)O)C1. The number of nitrogens with zero attached hydrogens (tertiary/aromatic N) is 1. The van der Waals surface area contributed by atoms with Gasteiger partial charge in [0.1, 0.15) is 6.04 Å². The Morgan fingerprint density at radius 3 is 2.36 bits per heavy atom. The Bertz CT molecular complexity index is 508. The van der Waals surface area contributed by atoms with Crippen molar-refractivity contribution in [1.82, 2.24) is 10.2 Å². The van der Waals surface area contributed by atoms with Crippen LogP contribution in [0.15, 0.2) is 30.3 Å². The molecule has 120 valence electrons. The maximum absolute atomic E-state index is 12.3. The molecule has 0 bridgehead atoms. The van der Waals surface area contributed by atoms with E-state index in [1.54, 1.807) is 4.90 Å². The first kappa shape index (κ1) is 16.3. The lowest BCUT2D eigenvalue weighted by molar-refractivity contribution is -0.139. The number of nitrogens with one attached hydrogen (secondary N) is 1. The van der Waals surface area contributed by atoms with Crippen molar-refractivity contribution in [3.05, 3.63) is 35.9 Å². The van der Waals surface area contributed by atoms with Gasteiger partial charge in [0.05, 0.1) is 0 Å². The molecule has 0 spiro atoms. The van der Waals surface area contributed by atoms with Gasteiger partial charge in [-0.1, -0.05) is 44.2 Å². The lowest BCUT2D eigenvalue weighted by Gasteiger charge is -2.35. The third kappa shape index (κ3) is 4.48. The summed E-state index contributed by atoms with van der Waals surface area (Å²) in [5, 5.41) is 12.0. The van der Waals surface area contributed by atoms with Crippen molar-refractivity contribution in [3.8, 4) is 0 Å². The van der Waals surface area contributed by atoms with Crippen molar-refractivity contribution >= 4 is 12.0 Å². The van der Waals surface area contributed by atoms with Gasteiger partial charge in [0.2, 0.25) is 0 Å². The van der Waals surface area contributed by atoms with Gasteiger partial charge in [-0.3, -0.25) is 0 Å². The van der Waals surface area contributed by atoms with E-state index in [1.165, 1.54) is 0 Å². The van der Waals surface area contributed by atoms with E-state index in [0.29, 0.717) is 31.3 Å². The Morgan fingerprint density at radius 1 is 1.23 bits per heavy atom.